The second-order valence-electron chi connectivity index (χ2n) is 7.38. The zero-order valence-corrected chi connectivity index (χ0v) is 19.0. The molecule has 1 heterocycles. The Morgan fingerprint density at radius 3 is 2.35 bits per heavy atom. The van der Waals surface area contributed by atoms with Gasteiger partial charge in [0.15, 0.2) is 5.01 Å². The Kier molecular flexibility index (Phi) is 7.24. The molecule has 7 nitrogen and oxygen atoms in total. The van der Waals surface area contributed by atoms with Crippen LogP contribution >= 0.6 is 11.3 Å². The zero-order valence-electron chi connectivity index (χ0n) is 18.2. The molecule has 2 amide bonds. The fraction of sp³-hybridized carbons (Fsp3) is 0.120. The topological polar surface area (TPSA) is 93.2 Å². The predicted octanol–water partition coefficient (Wildman–Crippen LogP) is 5.00. The number of carbonyl (C=O) groups excluding carboxylic acids is 2. The third-order valence-electron chi connectivity index (χ3n) is 4.89. The molecule has 0 aliphatic carbocycles. The van der Waals surface area contributed by atoms with Gasteiger partial charge in [0.05, 0.1) is 6.04 Å². The Labute approximate surface area is 199 Å². The Bertz CT molecular complexity index is 1260. The number of ether oxygens (including phenoxy) is 1. The number of hydrogen-bond acceptors (Lipinski definition) is 6. The van der Waals surface area contributed by atoms with Crippen LogP contribution in [0.5, 0.6) is 5.75 Å². The van der Waals surface area contributed by atoms with Crippen molar-refractivity contribution in [2.24, 2.45) is 0 Å². The Hall–Kier alpha value is -4.11. The lowest BCUT2D eigenvalue weighted by molar-refractivity contribution is 0.0939. The second kappa shape index (κ2) is 10.7. The van der Waals surface area contributed by atoms with Crippen LogP contribution < -0.4 is 15.4 Å². The fourth-order valence-corrected chi connectivity index (χ4v) is 3.72. The van der Waals surface area contributed by atoms with E-state index in [-0.39, 0.29) is 29.4 Å². The molecule has 0 saturated heterocycles. The normalized spacial score (nSPS) is 11.5. The summed E-state index contributed by atoms with van der Waals surface area (Å²) in [6.45, 7) is 2.03. The van der Waals surface area contributed by atoms with Crippen LogP contribution in [-0.2, 0) is 6.61 Å². The van der Waals surface area contributed by atoms with E-state index in [1.165, 1.54) is 24.3 Å². The molecule has 1 atom stereocenters. The molecule has 0 saturated carbocycles. The largest absolute Gasteiger partial charge is 0.486 e. The summed E-state index contributed by atoms with van der Waals surface area (Å²) in [5.74, 6) is -0.480. The van der Waals surface area contributed by atoms with Gasteiger partial charge in [0, 0.05) is 11.3 Å². The molecular weight excluding hydrogens is 455 g/mol. The summed E-state index contributed by atoms with van der Waals surface area (Å²) in [6.07, 6.45) is 0. The van der Waals surface area contributed by atoms with Gasteiger partial charge < -0.3 is 15.4 Å². The summed E-state index contributed by atoms with van der Waals surface area (Å²) in [5.41, 5.74) is 2.02. The average molecular weight is 477 g/mol. The summed E-state index contributed by atoms with van der Waals surface area (Å²) >= 11 is 1.10. The van der Waals surface area contributed by atoms with E-state index in [9.17, 15) is 14.0 Å². The van der Waals surface area contributed by atoms with E-state index in [1.54, 1.807) is 24.3 Å². The second-order valence-corrected chi connectivity index (χ2v) is 8.44. The standard InChI is InChI=1S/C25H21FN4O3S/c1-16(17-5-3-2-4-6-17)27-23(31)18-7-11-20(12-8-18)28-24(32)25-30-29-22(34-25)15-33-21-13-9-19(26)10-14-21/h2-14,16H,15H2,1H3,(H,27,31)(H,28,32)/t16-/m1/s1. The highest BCUT2D eigenvalue weighted by Gasteiger charge is 2.15. The first-order chi connectivity index (χ1) is 16.5. The Morgan fingerprint density at radius 1 is 0.941 bits per heavy atom. The lowest BCUT2D eigenvalue weighted by Crippen LogP contribution is -2.26. The molecular formula is C25H21FN4O3S. The number of halogens is 1. The van der Waals surface area contributed by atoms with Crippen molar-refractivity contribution < 1.29 is 18.7 Å². The molecule has 0 fully saturated rings. The molecule has 4 aromatic rings. The SMILES string of the molecule is C[C@@H](NC(=O)c1ccc(NC(=O)c2nnc(COc3ccc(F)cc3)s2)cc1)c1ccccc1. The molecule has 0 bridgehead atoms. The van der Waals surface area contributed by atoms with Gasteiger partial charge in [-0.3, -0.25) is 9.59 Å². The molecule has 4 rings (SSSR count). The lowest BCUT2D eigenvalue weighted by Gasteiger charge is -2.14. The van der Waals surface area contributed by atoms with Crippen LogP contribution in [-0.4, -0.2) is 22.0 Å². The van der Waals surface area contributed by atoms with Gasteiger partial charge in [-0.1, -0.05) is 41.7 Å². The van der Waals surface area contributed by atoms with Crippen molar-refractivity contribution in [3.8, 4) is 5.75 Å². The van der Waals surface area contributed by atoms with Crippen molar-refractivity contribution in [3.63, 3.8) is 0 Å². The molecule has 2 N–H and O–H groups in total. The van der Waals surface area contributed by atoms with E-state index in [0.717, 1.165) is 16.9 Å². The first-order valence-electron chi connectivity index (χ1n) is 10.5. The third kappa shape index (κ3) is 6.02. The van der Waals surface area contributed by atoms with Crippen LogP contribution in [0.25, 0.3) is 0 Å². The summed E-state index contributed by atoms with van der Waals surface area (Å²) < 4.78 is 18.5. The maximum absolute atomic E-state index is 13.0. The number of carbonyl (C=O) groups is 2. The minimum atomic E-state index is -0.416. The van der Waals surface area contributed by atoms with Gasteiger partial charge in [0.1, 0.15) is 18.2 Å². The minimum absolute atomic E-state index is 0.113. The van der Waals surface area contributed by atoms with Crippen LogP contribution in [0.1, 0.15) is 43.7 Å². The van der Waals surface area contributed by atoms with Crippen molar-refractivity contribution in [1.82, 2.24) is 15.5 Å². The van der Waals surface area contributed by atoms with E-state index < -0.39 is 5.91 Å². The summed E-state index contributed by atoms with van der Waals surface area (Å²) in [4.78, 5) is 25.0. The van der Waals surface area contributed by atoms with Gasteiger partial charge in [-0.05, 0) is 61.0 Å². The molecule has 0 spiro atoms. The van der Waals surface area contributed by atoms with E-state index in [0.29, 0.717) is 22.0 Å². The lowest BCUT2D eigenvalue weighted by atomic mass is 10.1. The van der Waals surface area contributed by atoms with Gasteiger partial charge in [-0.2, -0.15) is 0 Å². The quantitative estimate of drug-likeness (QED) is 0.373. The highest BCUT2D eigenvalue weighted by Crippen LogP contribution is 2.18. The number of aromatic nitrogens is 2. The van der Waals surface area contributed by atoms with Gasteiger partial charge in [-0.15, -0.1) is 10.2 Å². The monoisotopic (exact) mass is 476 g/mol. The summed E-state index contributed by atoms with van der Waals surface area (Å²) in [6, 6.07) is 21.8. The number of benzene rings is 3. The van der Waals surface area contributed by atoms with Gasteiger partial charge >= 0.3 is 0 Å². The predicted molar refractivity (Wildman–Crippen MR) is 127 cm³/mol. The average Bonchev–Trinajstić information content (AvgIpc) is 3.34. The molecule has 3 aromatic carbocycles. The van der Waals surface area contributed by atoms with Crippen molar-refractivity contribution in [3.05, 3.63) is 106 Å². The molecule has 34 heavy (non-hydrogen) atoms. The van der Waals surface area contributed by atoms with Crippen LogP contribution in [0.3, 0.4) is 0 Å². The molecule has 0 aliphatic heterocycles. The van der Waals surface area contributed by atoms with Crippen molar-refractivity contribution in [1.29, 1.82) is 0 Å². The zero-order chi connectivity index (χ0) is 23.9. The highest BCUT2D eigenvalue weighted by atomic mass is 32.1. The molecule has 0 aliphatic rings. The van der Waals surface area contributed by atoms with Crippen molar-refractivity contribution in [2.75, 3.05) is 5.32 Å². The number of rotatable bonds is 8. The highest BCUT2D eigenvalue weighted by molar-refractivity contribution is 7.13. The third-order valence-corrected chi connectivity index (χ3v) is 5.78. The van der Waals surface area contributed by atoms with Crippen LogP contribution in [0.2, 0.25) is 0 Å². The molecule has 9 heteroatoms. The Balaban J connectivity index is 1.30. The van der Waals surface area contributed by atoms with E-state index in [1.807, 2.05) is 37.3 Å². The smallest absolute Gasteiger partial charge is 0.286 e. The molecule has 1 aromatic heterocycles. The van der Waals surface area contributed by atoms with Crippen LogP contribution in [0, 0.1) is 5.82 Å². The van der Waals surface area contributed by atoms with E-state index in [2.05, 4.69) is 20.8 Å². The number of hydrogen-bond donors (Lipinski definition) is 2. The van der Waals surface area contributed by atoms with E-state index >= 15 is 0 Å². The minimum Gasteiger partial charge on any atom is -0.486 e. The molecule has 0 unspecified atom stereocenters. The van der Waals surface area contributed by atoms with Gasteiger partial charge in [0.2, 0.25) is 5.01 Å². The van der Waals surface area contributed by atoms with Crippen LogP contribution in [0.4, 0.5) is 10.1 Å². The summed E-state index contributed by atoms with van der Waals surface area (Å²) in [5, 5.41) is 14.2. The summed E-state index contributed by atoms with van der Waals surface area (Å²) in [7, 11) is 0. The number of nitrogens with zero attached hydrogens (tertiary/aromatic N) is 2. The first-order valence-corrected chi connectivity index (χ1v) is 11.3. The van der Waals surface area contributed by atoms with Gasteiger partial charge in [0.25, 0.3) is 11.8 Å². The Morgan fingerprint density at radius 2 is 1.65 bits per heavy atom. The first kappa shape index (κ1) is 23.1. The maximum atomic E-state index is 13.0. The number of amides is 2. The fourth-order valence-electron chi connectivity index (χ4n) is 3.07. The van der Waals surface area contributed by atoms with Crippen LogP contribution in [0.15, 0.2) is 78.9 Å². The maximum Gasteiger partial charge on any atom is 0.286 e. The molecule has 0 radical (unpaired) electrons. The number of anilines is 1. The molecule has 172 valence electrons. The number of nitrogens with one attached hydrogen (secondary N) is 2. The van der Waals surface area contributed by atoms with Gasteiger partial charge in [-0.25, -0.2) is 4.39 Å². The van der Waals surface area contributed by atoms with Crippen molar-refractivity contribution >= 4 is 28.8 Å². The van der Waals surface area contributed by atoms with Crippen molar-refractivity contribution in [2.45, 2.75) is 19.6 Å². The van der Waals surface area contributed by atoms with E-state index in [4.69, 9.17) is 4.74 Å².